The van der Waals surface area contributed by atoms with Gasteiger partial charge in [0.1, 0.15) is 0 Å². The van der Waals surface area contributed by atoms with Crippen molar-refractivity contribution < 1.29 is 4.79 Å². The van der Waals surface area contributed by atoms with E-state index in [4.69, 9.17) is 5.73 Å². The number of carbonyl (C=O) groups is 1. The first-order valence-corrected chi connectivity index (χ1v) is 8.18. The molecule has 20 heavy (non-hydrogen) atoms. The highest BCUT2D eigenvalue weighted by Crippen LogP contribution is 2.25. The topological polar surface area (TPSA) is 58.4 Å². The fourth-order valence-electron chi connectivity index (χ4n) is 3.22. The number of hydrogen-bond donors (Lipinski definition) is 2. The Balaban J connectivity index is 2.61. The molecule has 4 nitrogen and oxygen atoms in total. The number of likely N-dealkylation sites (N-methyl/N-ethyl adjacent to an activating group) is 1. The summed E-state index contributed by atoms with van der Waals surface area (Å²) in [5.41, 5.74) is 5.00. The Morgan fingerprint density at radius 1 is 1.40 bits per heavy atom. The molecule has 0 radical (unpaired) electrons. The van der Waals surface area contributed by atoms with E-state index in [0.29, 0.717) is 12.0 Å². The SMILES string of the molecule is CCNC(C)(CCN(CC(C)C)C1CCCC1)C(N)=O. The van der Waals surface area contributed by atoms with Crippen LogP contribution < -0.4 is 11.1 Å². The lowest BCUT2D eigenvalue weighted by Crippen LogP contribution is -2.55. The van der Waals surface area contributed by atoms with Gasteiger partial charge in [0.25, 0.3) is 0 Å². The minimum Gasteiger partial charge on any atom is -0.368 e. The molecule has 1 fully saturated rings. The molecule has 0 heterocycles. The van der Waals surface area contributed by atoms with Gasteiger partial charge in [-0.05, 0) is 38.6 Å². The average molecular weight is 283 g/mol. The van der Waals surface area contributed by atoms with E-state index in [-0.39, 0.29) is 5.91 Å². The molecular formula is C16H33N3O. The standard InChI is InChI=1S/C16H33N3O/c1-5-18-16(4,15(17)20)10-11-19(12-13(2)3)14-8-6-7-9-14/h13-14,18H,5-12H2,1-4H3,(H2,17,20). The van der Waals surface area contributed by atoms with Gasteiger partial charge >= 0.3 is 0 Å². The Hall–Kier alpha value is -0.610. The summed E-state index contributed by atoms with van der Waals surface area (Å²) < 4.78 is 0. The molecule has 3 N–H and O–H groups in total. The van der Waals surface area contributed by atoms with Gasteiger partial charge in [-0.1, -0.05) is 33.6 Å². The van der Waals surface area contributed by atoms with Crippen molar-refractivity contribution >= 4 is 5.91 Å². The quantitative estimate of drug-likeness (QED) is 0.681. The number of carbonyl (C=O) groups excluding carboxylic acids is 1. The maximum absolute atomic E-state index is 11.7. The normalized spacial score (nSPS) is 19.7. The van der Waals surface area contributed by atoms with E-state index in [1.807, 2.05) is 13.8 Å². The van der Waals surface area contributed by atoms with Gasteiger partial charge in [0.2, 0.25) is 5.91 Å². The molecule has 1 unspecified atom stereocenters. The smallest absolute Gasteiger partial charge is 0.237 e. The molecule has 0 aromatic heterocycles. The minimum atomic E-state index is -0.581. The van der Waals surface area contributed by atoms with Crippen LogP contribution in [0.3, 0.4) is 0 Å². The summed E-state index contributed by atoms with van der Waals surface area (Å²) in [6, 6.07) is 0.705. The third kappa shape index (κ3) is 5.06. The largest absolute Gasteiger partial charge is 0.368 e. The average Bonchev–Trinajstić information content (AvgIpc) is 2.88. The van der Waals surface area contributed by atoms with Crippen LogP contribution in [0.4, 0.5) is 0 Å². The van der Waals surface area contributed by atoms with E-state index in [9.17, 15) is 4.79 Å². The third-order valence-corrected chi connectivity index (χ3v) is 4.45. The lowest BCUT2D eigenvalue weighted by Gasteiger charge is -2.34. The molecule has 0 aliphatic heterocycles. The second-order valence-electron chi connectivity index (χ2n) is 6.80. The van der Waals surface area contributed by atoms with Crippen LogP contribution in [0, 0.1) is 5.92 Å². The third-order valence-electron chi connectivity index (χ3n) is 4.45. The molecular weight excluding hydrogens is 250 g/mol. The van der Waals surface area contributed by atoms with Crippen molar-refractivity contribution in [2.45, 2.75) is 71.4 Å². The number of nitrogens with two attached hydrogens (primary N) is 1. The van der Waals surface area contributed by atoms with Crippen LogP contribution in [0.2, 0.25) is 0 Å². The van der Waals surface area contributed by atoms with Crippen LogP contribution >= 0.6 is 0 Å². The highest BCUT2D eigenvalue weighted by Gasteiger charge is 2.32. The van der Waals surface area contributed by atoms with Crippen LogP contribution in [-0.4, -0.2) is 42.0 Å². The lowest BCUT2D eigenvalue weighted by molar-refractivity contribution is -0.124. The van der Waals surface area contributed by atoms with Crippen molar-refractivity contribution in [3.05, 3.63) is 0 Å². The highest BCUT2D eigenvalue weighted by molar-refractivity contribution is 5.84. The Kier molecular flexibility index (Phi) is 6.96. The molecule has 1 aliphatic carbocycles. The first-order chi connectivity index (χ1) is 9.39. The summed E-state index contributed by atoms with van der Waals surface area (Å²) in [5.74, 6) is 0.421. The van der Waals surface area contributed by atoms with Gasteiger partial charge in [-0.25, -0.2) is 0 Å². The van der Waals surface area contributed by atoms with E-state index < -0.39 is 5.54 Å². The number of nitrogens with zero attached hydrogens (tertiary/aromatic N) is 1. The van der Waals surface area contributed by atoms with Gasteiger partial charge in [-0.2, -0.15) is 0 Å². The zero-order valence-corrected chi connectivity index (χ0v) is 13.7. The Bertz CT molecular complexity index is 300. The summed E-state index contributed by atoms with van der Waals surface area (Å²) in [6.07, 6.45) is 6.10. The van der Waals surface area contributed by atoms with Crippen molar-refractivity contribution in [1.82, 2.24) is 10.2 Å². The predicted octanol–water partition coefficient (Wildman–Crippen LogP) is 2.13. The summed E-state index contributed by atoms with van der Waals surface area (Å²) in [4.78, 5) is 14.3. The number of primary amides is 1. The van der Waals surface area contributed by atoms with E-state index in [1.165, 1.54) is 25.7 Å². The molecule has 0 bridgehead atoms. The van der Waals surface area contributed by atoms with Gasteiger partial charge in [-0.3, -0.25) is 4.79 Å². The minimum absolute atomic E-state index is 0.240. The van der Waals surface area contributed by atoms with Crippen molar-refractivity contribution in [2.75, 3.05) is 19.6 Å². The molecule has 0 aromatic rings. The van der Waals surface area contributed by atoms with Gasteiger partial charge in [-0.15, -0.1) is 0 Å². The van der Waals surface area contributed by atoms with Gasteiger partial charge in [0, 0.05) is 19.1 Å². The molecule has 1 atom stereocenters. The van der Waals surface area contributed by atoms with Crippen molar-refractivity contribution in [3.63, 3.8) is 0 Å². The van der Waals surface area contributed by atoms with Crippen LogP contribution in [0.15, 0.2) is 0 Å². The lowest BCUT2D eigenvalue weighted by atomic mass is 9.95. The fourth-order valence-corrected chi connectivity index (χ4v) is 3.22. The Morgan fingerprint density at radius 2 is 2.00 bits per heavy atom. The van der Waals surface area contributed by atoms with Crippen LogP contribution in [0.25, 0.3) is 0 Å². The zero-order chi connectivity index (χ0) is 15.2. The van der Waals surface area contributed by atoms with Crippen LogP contribution in [0.5, 0.6) is 0 Å². The van der Waals surface area contributed by atoms with E-state index in [0.717, 1.165) is 26.1 Å². The Labute approximate surface area is 124 Å². The molecule has 0 saturated heterocycles. The van der Waals surface area contributed by atoms with E-state index in [1.54, 1.807) is 0 Å². The number of rotatable bonds is 9. The van der Waals surface area contributed by atoms with Crippen molar-refractivity contribution in [2.24, 2.45) is 11.7 Å². The first kappa shape index (κ1) is 17.4. The fraction of sp³-hybridized carbons (Fsp3) is 0.938. The summed E-state index contributed by atoms with van der Waals surface area (Å²) in [7, 11) is 0. The summed E-state index contributed by atoms with van der Waals surface area (Å²) in [5, 5.41) is 3.26. The van der Waals surface area contributed by atoms with Crippen molar-refractivity contribution in [3.8, 4) is 0 Å². The van der Waals surface area contributed by atoms with Gasteiger partial charge < -0.3 is 16.0 Å². The van der Waals surface area contributed by atoms with Crippen LogP contribution in [-0.2, 0) is 4.79 Å². The number of hydrogen-bond acceptors (Lipinski definition) is 3. The first-order valence-electron chi connectivity index (χ1n) is 8.18. The maximum atomic E-state index is 11.7. The van der Waals surface area contributed by atoms with Crippen molar-refractivity contribution in [1.29, 1.82) is 0 Å². The summed E-state index contributed by atoms with van der Waals surface area (Å²) in [6.45, 7) is 11.3. The Morgan fingerprint density at radius 3 is 2.45 bits per heavy atom. The molecule has 118 valence electrons. The number of amides is 1. The molecule has 1 saturated carbocycles. The molecule has 1 aliphatic rings. The molecule has 1 amide bonds. The van der Waals surface area contributed by atoms with Gasteiger partial charge in [0.05, 0.1) is 5.54 Å². The second-order valence-corrected chi connectivity index (χ2v) is 6.80. The molecule has 0 spiro atoms. The highest BCUT2D eigenvalue weighted by atomic mass is 16.1. The number of nitrogens with one attached hydrogen (secondary N) is 1. The van der Waals surface area contributed by atoms with Gasteiger partial charge in [0.15, 0.2) is 0 Å². The van der Waals surface area contributed by atoms with E-state index >= 15 is 0 Å². The maximum Gasteiger partial charge on any atom is 0.237 e. The van der Waals surface area contributed by atoms with E-state index in [2.05, 4.69) is 24.1 Å². The summed E-state index contributed by atoms with van der Waals surface area (Å²) >= 11 is 0. The second kappa shape index (κ2) is 7.99. The molecule has 1 rings (SSSR count). The predicted molar refractivity (Wildman–Crippen MR) is 84.6 cm³/mol. The van der Waals surface area contributed by atoms with Crippen LogP contribution in [0.1, 0.15) is 59.8 Å². The molecule has 4 heteroatoms. The molecule has 0 aromatic carbocycles. The zero-order valence-electron chi connectivity index (χ0n) is 13.7. The monoisotopic (exact) mass is 283 g/mol.